The summed E-state index contributed by atoms with van der Waals surface area (Å²) in [7, 11) is 1.61. The Labute approximate surface area is 130 Å². The molecule has 1 aromatic rings. The van der Waals surface area contributed by atoms with Gasteiger partial charge in [-0.2, -0.15) is 0 Å². The van der Waals surface area contributed by atoms with Gasteiger partial charge >= 0.3 is 5.97 Å². The molecule has 120 valence electrons. The first-order valence-corrected chi connectivity index (χ1v) is 7.66. The lowest BCUT2D eigenvalue weighted by atomic mass is 9.92. The highest BCUT2D eigenvalue weighted by molar-refractivity contribution is 5.84. The number of methoxy groups -OCH3 is 1. The summed E-state index contributed by atoms with van der Waals surface area (Å²) in [5, 5.41) is 9.32. The molecule has 1 N–H and O–H groups in total. The molecule has 22 heavy (non-hydrogen) atoms. The first kappa shape index (κ1) is 16.3. The van der Waals surface area contributed by atoms with Crippen molar-refractivity contribution in [3.8, 4) is 5.75 Å². The molecular weight excluding hydrogens is 282 g/mol. The van der Waals surface area contributed by atoms with Crippen LogP contribution in [0.25, 0.3) is 0 Å². The monoisotopic (exact) mass is 305 g/mol. The largest absolute Gasteiger partial charge is 0.497 e. The molecule has 0 saturated carbocycles. The lowest BCUT2D eigenvalue weighted by molar-refractivity contribution is -0.153. The van der Waals surface area contributed by atoms with Crippen LogP contribution in [-0.2, 0) is 16.0 Å². The zero-order valence-corrected chi connectivity index (χ0v) is 13.1. The fraction of sp³-hybridized carbons (Fsp3) is 0.529. The Morgan fingerprint density at radius 3 is 2.86 bits per heavy atom. The van der Waals surface area contributed by atoms with Crippen LogP contribution in [0.5, 0.6) is 5.75 Å². The normalized spacial score (nSPS) is 21.5. The van der Waals surface area contributed by atoms with Gasteiger partial charge in [-0.05, 0) is 42.9 Å². The van der Waals surface area contributed by atoms with E-state index in [1.165, 1.54) is 4.90 Å². The van der Waals surface area contributed by atoms with Crippen molar-refractivity contribution < 1.29 is 19.4 Å². The number of carboxylic acid groups (broad SMARTS) is 1. The van der Waals surface area contributed by atoms with Crippen LogP contribution < -0.4 is 4.74 Å². The van der Waals surface area contributed by atoms with Crippen molar-refractivity contribution in [1.29, 1.82) is 0 Å². The number of piperidine rings is 1. The van der Waals surface area contributed by atoms with Crippen LogP contribution in [0.1, 0.15) is 31.7 Å². The number of nitrogens with zero attached hydrogens (tertiary/aromatic N) is 1. The lowest BCUT2D eigenvalue weighted by Crippen LogP contribution is -2.49. The SMILES string of the molecule is COc1cccc(CCC(=O)N2CCC(C)CC2C(=O)O)c1. The Morgan fingerprint density at radius 2 is 2.18 bits per heavy atom. The molecular formula is C17H23NO4. The molecule has 1 saturated heterocycles. The lowest BCUT2D eigenvalue weighted by Gasteiger charge is -2.36. The van der Waals surface area contributed by atoms with Gasteiger partial charge in [0.15, 0.2) is 0 Å². The second-order valence-corrected chi connectivity index (χ2v) is 5.92. The van der Waals surface area contributed by atoms with Crippen LogP contribution in [0.3, 0.4) is 0 Å². The molecule has 2 atom stereocenters. The first-order valence-electron chi connectivity index (χ1n) is 7.66. The van der Waals surface area contributed by atoms with E-state index in [2.05, 4.69) is 0 Å². The number of carbonyl (C=O) groups excluding carboxylic acids is 1. The zero-order valence-electron chi connectivity index (χ0n) is 13.1. The van der Waals surface area contributed by atoms with Gasteiger partial charge in [0.05, 0.1) is 7.11 Å². The van der Waals surface area contributed by atoms with Crippen LogP contribution in [0.2, 0.25) is 0 Å². The van der Waals surface area contributed by atoms with E-state index in [1.807, 2.05) is 31.2 Å². The van der Waals surface area contributed by atoms with Crippen molar-refractivity contribution in [2.75, 3.05) is 13.7 Å². The fourth-order valence-electron chi connectivity index (χ4n) is 2.90. The number of carbonyl (C=O) groups is 2. The molecule has 2 unspecified atom stereocenters. The number of likely N-dealkylation sites (tertiary alicyclic amines) is 1. The van der Waals surface area contributed by atoms with Gasteiger partial charge < -0.3 is 14.7 Å². The van der Waals surface area contributed by atoms with Gasteiger partial charge in [0.2, 0.25) is 5.91 Å². The number of aryl methyl sites for hydroxylation is 1. The maximum absolute atomic E-state index is 12.4. The summed E-state index contributed by atoms with van der Waals surface area (Å²) in [6, 6.07) is 6.92. The third-order valence-electron chi connectivity index (χ3n) is 4.23. The molecule has 0 aromatic heterocycles. The van der Waals surface area contributed by atoms with Crippen LogP contribution in [0.4, 0.5) is 0 Å². The van der Waals surface area contributed by atoms with Crippen LogP contribution in [0.15, 0.2) is 24.3 Å². The highest BCUT2D eigenvalue weighted by Crippen LogP contribution is 2.24. The average Bonchev–Trinajstić information content (AvgIpc) is 2.52. The number of hydrogen-bond donors (Lipinski definition) is 1. The number of aliphatic carboxylic acids is 1. The van der Waals surface area contributed by atoms with Gasteiger partial charge in [-0.3, -0.25) is 4.79 Å². The molecule has 2 rings (SSSR count). The van der Waals surface area contributed by atoms with Crippen molar-refractivity contribution in [3.63, 3.8) is 0 Å². The van der Waals surface area contributed by atoms with Crippen molar-refractivity contribution in [1.82, 2.24) is 4.90 Å². The van der Waals surface area contributed by atoms with Crippen LogP contribution in [-0.4, -0.2) is 41.6 Å². The fourth-order valence-corrected chi connectivity index (χ4v) is 2.90. The summed E-state index contributed by atoms with van der Waals surface area (Å²) >= 11 is 0. The summed E-state index contributed by atoms with van der Waals surface area (Å²) in [4.78, 5) is 25.3. The molecule has 5 nitrogen and oxygen atoms in total. The van der Waals surface area contributed by atoms with Gasteiger partial charge in [-0.15, -0.1) is 0 Å². The topological polar surface area (TPSA) is 66.8 Å². The van der Waals surface area contributed by atoms with Gasteiger partial charge in [0.1, 0.15) is 11.8 Å². The summed E-state index contributed by atoms with van der Waals surface area (Å²) in [5.74, 6) is 0.132. The van der Waals surface area contributed by atoms with Crippen LogP contribution in [0, 0.1) is 5.92 Å². The minimum absolute atomic E-state index is 0.0814. The average molecular weight is 305 g/mol. The Kier molecular flexibility index (Phi) is 5.41. The second-order valence-electron chi connectivity index (χ2n) is 5.92. The predicted octanol–water partition coefficient (Wildman–Crippen LogP) is 2.34. The van der Waals surface area contributed by atoms with Gasteiger partial charge in [0, 0.05) is 13.0 Å². The molecule has 5 heteroatoms. The first-order chi connectivity index (χ1) is 10.5. The third kappa shape index (κ3) is 4.00. The molecule has 1 fully saturated rings. The Bertz CT molecular complexity index is 543. The van der Waals surface area contributed by atoms with E-state index in [0.717, 1.165) is 17.7 Å². The Balaban J connectivity index is 1.97. The van der Waals surface area contributed by atoms with Crippen molar-refractivity contribution in [2.24, 2.45) is 5.92 Å². The Morgan fingerprint density at radius 1 is 1.41 bits per heavy atom. The molecule has 1 aromatic carbocycles. The van der Waals surface area contributed by atoms with E-state index in [1.54, 1.807) is 7.11 Å². The number of rotatable bonds is 5. The van der Waals surface area contributed by atoms with E-state index in [9.17, 15) is 14.7 Å². The second kappa shape index (κ2) is 7.29. The molecule has 1 amide bonds. The van der Waals surface area contributed by atoms with E-state index >= 15 is 0 Å². The van der Waals surface area contributed by atoms with Crippen molar-refractivity contribution in [2.45, 2.75) is 38.6 Å². The number of benzene rings is 1. The molecule has 1 heterocycles. The van der Waals surface area contributed by atoms with Gasteiger partial charge in [-0.1, -0.05) is 19.1 Å². The standard InChI is InChI=1S/C17H23NO4/c1-12-8-9-18(15(10-12)17(20)21)16(19)7-6-13-4-3-5-14(11-13)22-2/h3-5,11-12,15H,6-10H2,1-2H3,(H,20,21). The molecule has 1 aliphatic rings. The minimum atomic E-state index is -0.902. The number of carboxylic acids is 1. The number of amides is 1. The zero-order chi connectivity index (χ0) is 16.1. The quantitative estimate of drug-likeness (QED) is 0.906. The van der Waals surface area contributed by atoms with Crippen LogP contribution >= 0.6 is 0 Å². The van der Waals surface area contributed by atoms with Gasteiger partial charge in [0.25, 0.3) is 0 Å². The predicted molar refractivity (Wildman–Crippen MR) is 82.8 cm³/mol. The molecule has 0 spiro atoms. The molecule has 1 aliphatic heterocycles. The molecule has 0 bridgehead atoms. The summed E-state index contributed by atoms with van der Waals surface area (Å²) < 4.78 is 5.17. The summed E-state index contributed by atoms with van der Waals surface area (Å²) in [6.45, 7) is 2.57. The van der Waals surface area contributed by atoms with Crippen molar-refractivity contribution in [3.05, 3.63) is 29.8 Å². The maximum Gasteiger partial charge on any atom is 0.326 e. The van der Waals surface area contributed by atoms with E-state index in [-0.39, 0.29) is 5.91 Å². The Hall–Kier alpha value is -2.04. The van der Waals surface area contributed by atoms with E-state index < -0.39 is 12.0 Å². The molecule has 0 aliphatic carbocycles. The third-order valence-corrected chi connectivity index (χ3v) is 4.23. The van der Waals surface area contributed by atoms with E-state index in [0.29, 0.717) is 31.7 Å². The highest BCUT2D eigenvalue weighted by Gasteiger charge is 2.34. The highest BCUT2D eigenvalue weighted by atomic mass is 16.5. The van der Waals surface area contributed by atoms with Crippen molar-refractivity contribution >= 4 is 11.9 Å². The van der Waals surface area contributed by atoms with Gasteiger partial charge in [-0.25, -0.2) is 4.79 Å². The summed E-state index contributed by atoms with van der Waals surface area (Å²) in [6.07, 6.45) is 2.33. The number of ether oxygens (including phenoxy) is 1. The maximum atomic E-state index is 12.4. The minimum Gasteiger partial charge on any atom is -0.497 e. The number of hydrogen-bond acceptors (Lipinski definition) is 3. The van der Waals surface area contributed by atoms with E-state index in [4.69, 9.17) is 4.74 Å². The summed E-state index contributed by atoms with van der Waals surface area (Å²) in [5.41, 5.74) is 1.02. The smallest absolute Gasteiger partial charge is 0.326 e. The molecule has 0 radical (unpaired) electrons.